The summed E-state index contributed by atoms with van der Waals surface area (Å²) in [5.74, 6) is 1.23. The van der Waals surface area contributed by atoms with Crippen LogP contribution in [0.5, 0.6) is 0 Å². The summed E-state index contributed by atoms with van der Waals surface area (Å²) in [6, 6.07) is 0. The monoisotopic (exact) mass is 330 g/mol. The van der Waals surface area contributed by atoms with Gasteiger partial charge in [-0.1, -0.05) is 18.6 Å². The maximum absolute atomic E-state index is 10.6. The van der Waals surface area contributed by atoms with Crippen molar-refractivity contribution in [2.45, 2.75) is 76.6 Å². The van der Waals surface area contributed by atoms with Crippen LogP contribution in [0.25, 0.3) is 0 Å². The summed E-state index contributed by atoms with van der Waals surface area (Å²) in [6.45, 7) is 3.92. The number of allylic oxidation sites excluding steroid dienone is 2. The van der Waals surface area contributed by atoms with Crippen molar-refractivity contribution >= 4 is 0 Å². The van der Waals surface area contributed by atoms with E-state index in [4.69, 9.17) is 9.47 Å². The first-order chi connectivity index (χ1) is 11.5. The van der Waals surface area contributed by atoms with Gasteiger partial charge in [-0.3, -0.25) is 0 Å². The molecule has 1 saturated heterocycles. The molecule has 132 valence electrons. The number of hydrogen-bond acceptors (Lipinski definition) is 3. The normalized spacial score (nSPS) is 56.9. The van der Waals surface area contributed by atoms with Crippen molar-refractivity contribution in [3.8, 4) is 0 Å². The average Bonchev–Trinajstić information content (AvgIpc) is 2.88. The standard InChI is InChI=1S/C21H30O3/c1-18-6-5-16-14(15(18)2-3-17(18)22)4-7-19-12-20(16,19)8-9-21(13-19)23-10-11-24-21/h5,14-15,17,22H,2-4,6-13H2,1H3/t14-,15-,17?,18-,19+,20+/m0/s1. The molecule has 0 amide bonds. The number of aliphatic hydroxyl groups excluding tert-OH is 1. The molecular formula is C21H30O3. The van der Waals surface area contributed by atoms with Crippen molar-refractivity contribution < 1.29 is 14.6 Å². The highest BCUT2D eigenvalue weighted by Crippen LogP contribution is 2.83. The molecule has 1 heterocycles. The van der Waals surface area contributed by atoms with Gasteiger partial charge < -0.3 is 14.6 Å². The van der Waals surface area contributed by atoms with E-state index in [9.17, 15) is 5.11 Å². The van der Waals surface area contributed by atoms with Gasteiger partial charge in [-0.15, -0.1) is 0 Å². The fourth-order valence-corrected chi connectivity index (χ4v) is 8.07. The molecule has 5 fully saturated rings. The highest BCUT2D eigenvalue weighted by atomic mass is 16.7. The van der Waals surface area contributed by atoms with E-state index in [-0.39, 0.29) is 17.3 Å². The van der Waals surface area contributed by atoms with Crippen LogP contribution in [0.3, 0.4) is 0 Å². The molecule has 24 heavy (non-hydrogen) atoms. The molecule has 0 aromatic rings. The first kappa shape index (κ1) is 14.8. The van der Waals surface area contributed by atoms with E-state index in [0.29, 0.717) is 10.8 Å². The predicted octanol–water partition coefficient (Wildman–Crippen LogP) is 3.81. The SMILES string of the molecule is C[C@]12CC=C3[C@@H](CC[C@@]45CC6(CC[C@@]34C5)OCCO6)[C@@H]1CCC2O. The molecule has 1 aliphatic heterocycles. The molecule has 0 aromatic carbocycles. The minimum absolute atomic E-state index is 0.0846. The summed E-state index contributed by atoms with van der Waals surface area (Å²) in [6.07, 6.45) is 13.4. The maximum atomic E-state index is 10.6. The Morgan fingerprint density at radius 2 is 1.88 bits per heavy atom. The molecule has 3 heteroatoms. The summed E-state index contributed by atoms with van der Waals surface area (Å²) in [4.78, 5) is 0. The van der Waals surface area contributed by atoms with Crippen molar-refractivity contribution in [3.05, 3.63) is 11.6 Å². The predicted molar refractivity (Wildman–Crippen MR) is 90.2 cm³/mol. The largest absolute Gasteiger partial charge is 0.393 e. The Balaban J connectivity index is 1.36. The third-order valence-corrected chi connectivity index (χ3v) is 9.38. The molecule has 1 N–H and O–H groups in total. The lowest BCUT2D eigenvalue weighted by Crippen LogP contribution is -2.47. The highest BCUT2D eigenvalue weighted by Gasteiger charge is 2.76. The molecule has 5 aliphatic carbocycles. The molecule has 3 nitrogen and oxygen atoms in total. The Hall–Kier alpha value is -0.380. The first-order valence-electron chi connectivity index (χ1n) is 10.2. The van der Waals surface area contributed by atoms with Crippen LogP contribution in [0.4, 0.5) is 0 Å². The third-order valence-electron chi connectivity index (χ3n) is 9.38. The van der Waals surface area contributed by atoms with Gasteiger partial charge in [-0.05, 0) is 67.6 Å². The van der Waals surface area contributed by atoms with Crippen LogP contribution in [-0.2, 0) is 9.47 Å². The molecule has 4 saturated carbocycles. The van der Waals surface area contributed by atoms with Gasteiger partial charge in [0.2, 0.25) is 0 Å². The average molecular weight is 330 g/mol. The van der Waals surface area contributed by atoms with Gasteiger partial charge in [0, 0.05) is 18.3 Å². The zero-order valence-electron chi connectivity index (χ0n) is 14.9. The number of hydrogen-bond donors (Lipinski definition) is 1. The van der Waals surface area contributed by atoms with Crippen molar-refractivity contribution in [3.63, 3.8) is 0 Å². The second-order valence-electron chi connectivity index (χ2n) is 10.0. The van der Waals surface area contributed by atoms with Gasteiger partial charge in [0.05, 0.1) is 19.3 Å². The van der Waals surface area contributed by atoms with E-state index >= 15 is 0 Å². The summed E-state index contributed by atoms with van der Waals surface area (Å²) in [7, 11) is 0. The maximum Gasteiger partial charge on any atom is 0.169 e. The van der Waals surface area contributed by atoms with E-state index in [1.54, 1.807) is 5.57 Å². The first-order valence-corrected chi connectivity index (χ1v) is 10.2. The second kappa shape index (κ2) is 4.29. The summed E-state index contributed by atoms with van der Waals surface area (Å²) in [5.41, 5.74) is 2.90. The van der Waals surface area contributed by atoms with Gasteiger partial charge in [0.15, 0.2) is 5.79 Å². The summed E-state index contributed by atoms with van der Waals surface area (Å²) < 4.78 is 12.2. The zero-order valence-corrected chi connectivity index (χ0v) is 14.9. The lowest BCUT2D eigenvalue weighted by atomic mass is 9.54. The van der Waals surface area contributed by atoms with Crippen LogP contribution in [0.15, 0.2) is 11.6 Å². The number of fused-ring (bicyclic) bond motifs is 3. The van der Waals surface area contributed by atoms with Crippen molar-refractivity contribution in [1.82, 2.24) is 0 Å². The van der Waals surface area contributed by atoms with Gasteiger partial charge in [0.1, 0.15) is 0 Å². The molecular weight excluding hydrogens is 300 g/mol. The molecule has 0 aromatic heterocycles. The van der Waals surface area contributed by atoms with Crippen LogP contribution in [0.2, 0.25) is 0 Å². The van der Waals surface area contributed by atoms with E-state index in [2.05, 4.69) is 13.0 Å². The molecule has 6 aliphatic rings. The quantitative estimate of drug-likeness (QED) is 0.687. The Morgan fingerprint density at radius 1 is 1.04 bits per heavy atom. The molecule has 0 radical (unpaired) electrons. The van der Waals surface area contributed by atoms with Crippen molar-refractivity contribution in [2.24, 2.45) is 28.1 Å². The molecule has 1 unspecified atom stereocenters. The Kier molecular flexibility index (Phi) is 2.64. The van der Waals surface area contributed by atoms with Gasteiger partial charge in [-0.25, -0.2) is 0 Å². The van der Waals surface area contributed by atoms with Crippen LogP contribution in [0, 0.1) is 28.1 Å². The van der Waals surface area contributed by atoms with E-state index in [0.717, 1.165) is 50.7 Å². The van der Waals surface area contributed by atoms with Gasteiger partial charge in [0.25, 0.3) is 0 Å². The lowest BCUT2D eigenvalue weighted by molar-refractivity contribution is -0.197. The van der Waals surface area contributed by atoms with E-state index < -0.39 is 0 Å². The third kappa shape index (κ3) is 1.53. The Bertz CT molecular complexity index is 621. The zero-order chi connectivity index (χ0) is 16.2. The molecule has 6 rings (SSSR count). The van der Waals surface area contributed by atoms with E-state index in [1.165, 1.54) is 32.1 Å². The highest BCUT2D eigenvalue weighted by molar-refractivity contribution is 5.40. The van der Waals surface area contributed by atoms with Crippen LogP contribution in [-0.4, -0.2) is 30.2 Å². The van der Waals surface area contributed by atoms with Crippen LogP contribution >= 0.6 is 0 Å². The minimum Gasteiger partial charge on any atom is -0.393 e. The topological polar surface area (TPSA) is 38.7 Å². The number of ether oxygens (including phenoxy) is 2. The van der Waals surface area contributed by atoms with Crippen LogP contribution in [0.1, 0.15) is 64.7 Å². The number of aliphatic hydroxyl groups is 1. The molecule has 0 bridgehead atoms. The van der Waals surface area contributed by atoms with Crippen molar-refractivity contribution in [1.29, 1.82) is 0 Å². The summed E-state index contributed by atoms with van der Waals surface area (Å²) in [5, 5.41) is 10.6. The Labute approximate surface area is 144 Å². The van der Waals surface area contributed by atoms with Crippen LogP contribution < -0.4 is 0 Å². The Morgan fingerprint density at radius 3 is 2.71 bits per heavy atom. The fourth-order valence-electron chi connectivity index (χ4n) is 8.07. The molecule has 1 spiro atoms. The smallest absolute Gasteiger partial charge is 0.169 e. The lowest BCUT2D eigenvalue weighted by Gasteiger charge is -2.52. The van der Waals surface area contributed by atoms with E-state index in [1.807, 2.05) is 0 Å². The second-order valence-corrected chi connectivity index (χ2v) is 10.0. The van der Waals surface area contributed by atoms with Crippen molar-refractivity contribution in [2.75, 3.05) is 13.2 Å². The fraction of sp³-hybridized carbons (Fsp3) is 0.905. The minimum atomic E-state index is -0.236. The molecule has 6 atom stereocenters. The van der Waals surface area contributed by atoms with Gasteiger partial charge in [-0.2, -0.15) is 0 Å². The number of rotatable bonds is 0. The summed E-state index contributed by atoms with van der Waals surface area (Å²) >= 11 is 0. The van der Waals surface area contributed by atoms with Gasteiger partial charge >= 0.3 is 0 Å².